The minimum absolute atomic E-state index is 0.728. The van der Waals surface area contributed by atoms with Crippen molar-refractivity contribution in [1.82, 2.24) is 29.8 Å². The molecule has 0 saturated heterocycles. The Balaban J connectivity index is 1.65. The van der Waals surface area contributed by atoms with Crippen molar-refractivity contribution in [3.8, 4) is 11.3 Å². The van der Waals surface area contributed by atoms with Crippen LogP contribution in [0.15, 0.2) is 66.3 Å². The SMILES string of the molecule is c1cncc(CSc2nnc3ccc(-c4cccnc4)nn23)c1. The third-order valence-corrected chi connectivity index (χ3v) is 4.27. The van der Waals surface area contributed by atoms with Gasteiger partial charge in [0.25, 0.3) is 0 Å². The van der Waals surface area contributed by atoms with Gasteiger partial charge in [0, 0.05) is 36.1 Å². The maximum atomic E-state index is 4.63. The van der Waals surface area contributed by atoms with Crippen LogP contribution in [-0.4, -0.2) is 29.8 Å². The minimum Gasteiger partial charge on any atom is -0.264 e. The van der Waals surface area contributed by atoms with Crippen LogP contribution in [0.2, 0.25) is 0 Å². The van der Waals surface area contributed by atoms with E-state index in [0.29, 0.717) is 0 Å². The molecule has 0 fully saturated rings. The molecular weight excluding hydrogens is 308 g/mol. The van der Waals surface area contributed by atoms with Gasteiger partial charge in [-0.25, -0.2) is 0 Å². The fourth-order valence-electron chi connectivity index (χ4n) is 2.16. The summed E-state index contributed by atoms with van der Waals surface area (Å²) in [6, 6.07) is 11.7. The first-order chi connectivity index (χ1) is 11.4. The van der Waals surface area contributed by atoms with Gasteiger partial charge in [0.2, 0.25) is 5.16 Å². The van der Waals surface area contributed by atoms with Crippen LogP contribution in [0.25, 0.3) is 16.9 Å². The number of rotatable bonds is 4. The molecule has 0 N–H and O–H groups in total. The Morgan fingerprint density at radius 1 is 0.913 bits per heavy atom. The third-order valence-electron chi connectivity index (χ3n) is 3.28. The fraction of sp³-hybridized carbons (Fsp3) is 0.0625. The van der Waals surface area contributed by atoms with Gasteiger partial charge in [-0.1, -0.05) is 17.8 Å². The summed E-state index contributed by atoms with van der Waals surface area (Å²) in [5, 5.41) is 13.8. The molecule has 0 aliphatic carbocycles. The van der Waals surface area contributed by atoms with Crippen LogP contribution in [0.5, 0.6) is 0 Å². The molecule has 4 aromatic rings. The number of aromatic nitrogens is 6. The van der Waals surface area contributed by atoms with Gasteiger partial charge in [0.15, 0.2) is 5.65 Å². The number of nitrogens with zero attached hydrogens (tertiary/aromatic N) is 6. The Labute approximate surface area is 136 Å². The molecule has 0 spiro atoms. The van der Waals surface area contributed by atoms with Crippen molar-refractivity contribution in [3.63, 3.8) is 0 Å². The van der Waals surface area contributed by atoms with Gasteiger partial charge >= 0.3 is 0 Å². The molecule has 0 aromatic carbocycles. The van der Waals surface area contributed by atoms with Gasteiger partial charge in [0.1, 0.15) is 0 Å². The van der Waals surface area contributed by atoms with E-state index >= 15 is 0 Å². The zero-order chi connectivity index (χ0) is 15.5. The van der Waals surface area contributed by atoms with Crippen molar-refractivity contribution >= 4 is 17.4 Å². The van der Waals surface area contributed by atoms with Gasteiger partial charge in [-0.2, -0.15) is 9.61 Å². The van der Waals surface area contributed by atoms with Crippen LogP contribution in [-0.2, 0) is 5.75 Å². The second-order valence-corrected chi connectivity index (χ2v) is 5.81. The van der Waals surface area contributed by atoms with Gasteiger partial charge in [-0.05, 0) is 35.9 Å². The largest absolute Gasteiger partial charge is 0.264 e. The molecular formula is C16H12N6S. The molecule has 0 radical (unpaired) electrons. The molecule has 23 heavy (non-hydrogen) atoms. The Bertz CT molecular complexity index is 923. The first-order valence-corrected chi connectivity index (χ1v) is 8.03. The van der Waals surface area contributed by atoms with Crippen molar-refractivity contribution < 1.29 is 0 Å². The van der Waals surface area contributed by atoms with E-state index in [1.165, 1.54) is 0 Å². The molecule has 0 bridgehead atoms. The monoisotopic (exact) mass is 320 g/mol. The second-order valence-electron chi connectivity index (χ2n) is 4.86. The molecule has 0 saturated carbocycles. The average Bonchev–Trinajstić information content (AvgIpc) is 3.04. The summed E-state index contributed by atoms with van der Waals surface area (Å²) in [6.07, 6.45) is 7.16. The van der Waals surface area contributed by atoms with Crippen LogP contribution in [0, 0.1) is 0 Å². The standard InChI is InChI=1S/C16H12N6S/c1-3-12(9-17-7-1)11-23-16-20-19-15-6-5-14(21-22(15)16)13-4-2-8-18-10-13/h1-10H,11H2. The van der Waals surface area contributed by atoms with Gasteiger partial charge in [-0.3, -0.25) is 9.97 Å². The lowest BCUT2D eigenvalue weighted by molar-refractivity contribution is 0.812. The molecule has 0 amide bonds. The first kappa shape index (κ1) is 13.8. The van der Waals surface area contributed by atoms with Crippen molar-refractivity contribution in [3.05, 3.63) is 66.7 Å². The van der Waals surface area contributed by atoms with Crippen LogP contribution in [0.1, 0.15) is 5.56 Å². The lowest BCUT2D eigenvalue weighted by Gasteiger charge is -2.02. The van der Waals surface area contributed by atoms with Crippen molar-refractivity contribution in [2.75, 3.05) is 0 Å². The Morgan fingerprint density at radius 2 is 1.78 bits per heavy atom. The molecule has 0 unspecified atom stereocenters. The number of thioether (sulfide) groups is 1. The van der Waals surface area contributed by atoms with Crippen LogP contribution in [0.4, 0.5) is 0 Å². The summed E-state index contributed by atoms with van der Waals surface area (Å²) < 4.78 is 1.77. The molecule has 0 aliphatic rings. The number of fused-ring (bicyclic) bond motifs is 1. The predicted octanol–water partition coefficient (Wildman–Crippen LogP) is 2.87. The van der Waals surface area contributed by atoms with Crippen LogP contribution < -0.4 is 0 Å². The minimum atomic E-state index is 0.728. The fourth-order valence-corrected chi connectivity index (χ4v) is 2.98. The normalized spacial score (nSPS) is 11.0. The smallest absolute Gasteiger partial charge is 0.212 e. The quantitative estimate of drug-likeness (QED) is 0.539. The summed E-state index contributed by atoms with van der Waals surface area (Å²) in [6.45, 7) is 0. The highest BCUT2D eigenvalue weighted by molar-refractivity contribution is 7.98. The predicted molar refractivity (Wildman–Crippen MR) is 87.8 cm³/mol. The van der Waals surface area contributed by atoms with Gasteiger partial charge < -0.3 is 0 Å². The summed E-state index contributed by atoms with van der Waals surface area (Å²) in [5.41, 5.74) is 3.67. The highest BCUT2D eigenvalue weighted by atomic mass is 32.2. The highest BCUT2D eigenvalue weighted by Gasteiger charge is 2.09. The van der Waals surface area contributed by atoms with E-state index in [9.17, 15) is 0 Å². The Hall–Kier alpha value is -2.80. The topological polar surface area (TPSA) is 68.9 Å². The molecule has 0 aliphatic heterocycles. The van der Waals surface area contributed by atoms with Crippen molar-refractivity contribution in [1.29, 1.82) is 0 Å². The highest BCUT2D eigenvalue weighted by Crippen LogP contribution is 2.22. The number of hydrogen-bond acceptors (Lipinski definition) is 6. The van der Waals surface area contributed by atoms with E-state index in [2.05, 4.69) is 25.3 Å². The number of hydrogen-bond donors (Lipinski definition) is 0. The molecule has 7 heteroatoms. The van der Waals surface area contributed by atoms with E-state index in [0.717, 1.165) is 33.4 Å². The Morgan fingerprint density at radius 3 is 2.57 bits per heavy atom. The second kappa shape index (κ2) is 6.13. The van der Waals surface area contributed by atoms with Gasteiger partial charge in [0.05, 0.1) is 5.69 Å². The van der Waals surface area contributed by atoms with Crippen molar-refractivity contribution in [2.45, 2.75) is 10.9 Å². The molecule has 4 heterocycles. The van der Waals surface area contributed by atoms with E-state index in [1.54, 1.807) is 34.9 Å². The lowest BCUT2D eigenvalue weighted by atomic mass is 10.2. The van der Waals surface area contributed by atoms with E-state index in [4.69, 9.17) is 0 Å². The summed E-state index contributed by atoms with van der Waals surface area (Å²) >= 11 is 1.58. The maximum Gasteiger partial charge on any atom is 0.212 e. The maximum absolute atomic E-state index is 4.63. The van der Waals surface area contributed by atoms with E-state index < -0.39 is 0 Å². The third kappa shape index (κ3) is 2.91. The van der Waals surface area contributed by atoms with E-state index in [1.807, 2.05) is 42.6 Å². The summed E-state index contributed by atoms with van der Waals surface area (Å²) in [7, 11) is 0. The van der Waals surface area contributed by atoms with Crippen molar-refractivity contribution in [2.24, 2.45) is 0 Å². The summed E-state index contributed by atoms with van der Waals surface area (Å²) in [5.74, 6) is 0.771. The van der Waals surface area contributed by atoms with Crippen LogP contribution in [0.3, 0.4) is 0 Å². The van der Waals surface area contributed by atoms with Crippen LogP contribution >= 0.6 is 11.8 Å². The zero-order valence-electron chi connectivity index (χ0n) is 12.1. The van der Waals surface area contributed by atoms with E-state index in [-0.39, 0.29) is 0 Å². The molecule has 4 rings (SSSR count). The average molecular weight is 320 g/mol. The number of pyridine rings is 2. The summed E-state index contributed by atoms with van der Waals surface area (Å²) in [4.78, 5) is 8.26. The lowest BCUT2D eigenvalue weighted by Crippen LogP contribution is -1.96. The zero-order valence-corrected chi connectivity index (χ0v) is 12.9. The molecule has 6 nitrogen and oxygen atoms in total. The van der Waals surface area contributed by atoms with Gasteiger partial charge in [-0.15, -0.1) is 10.2 Å². The first-order valence-electron chi connectivity index (χ1n) is 7.05. The Kier molecular flexibility index (Phi) is 3.69. The molecule has 112 valence electrons. The molecule has 4 aromatic heterocycles. The molecule has 0 atom stereocenters.